The molecule has 0 aliphatic heterocycles. The minimum atomic E-state index is -0.614. The van der Waals surface area contributed by atoms with Crippen LogP contribution in [-0.4, -0.2) is 35.9 Å². The van der Waals surface area contributed by atoms with Crippen LogP contribution in [0, 0.1) is 0 Å². The number of esters is 1. The molecule has 0 radical (unpaired) electrons. The first-order valence-corrected chi connectivity index (χ1v) is 10.1. The molecule has 31 heavy (non-hydrogen) atoms. The van der Waals surface area contributed by atoms with Crippen molar-refractivity contribution in [1.82, 2.24) is 9.78 Å². The number of unbranched alkanes of at least 4 members (excludes halogenated alkanes) is 2. The van der Waals surface area contributed by atoms with E-state index in [0.29, 0.717) is 23.1 Å². The summed E-state index contributed by atoms with van der Waals surface area (Å²) in [4.78, 5) is 38.2. The van der Waals surface area contributed by atoms with Crippen molar-refractivity contribution in [3.8, 4) is 5.75 Å². The van der Waals surface area contributed by atoms with Crippen molar-refractivity contribution in [2.45, 2.75) is 32.7 Å². The zero-order valence-corrected chi connectivity index (χ0v) is 17.8. The fourth-order valence-corrected chi connectivity index (χ4v) is 3.29. The fraction of sp³-hybridized carbons (Fsp3) is 0.304. The zero-order valence-electron chi connectivity index (χ0n) is 17.8. The lowest BCUT2D eigenvalue weighted by atomic mass is 10.1. The second kappa shape index (κ2) is 9.88. The number of aromatic nitrogens is 2. The van der Waals surface area contributed by atoms with Gasteiger partial charge in [-0.1, -0.05) is 38.0 Å². The molecule has 3 rings (SSSR count). The summed E-state index contributed by atoms with van der Waals surface area (Å²) in [6.07, 6.45) is 2.74. The number of nitrogens with zero attached hydrogens (tertiary/aromatic N) is 2. The van der Waals surface area contributed by atoms with E-state index in [9.17, 15) is 14.4 Å². The van der Waals surface area contributed by atoms with Crippen LogP contribution in [-0.2, 0) is 11.3 Å². The minimum Gasteiger partial charge on any atom is -0.497 e. The highest BCUT2D eigenvalue weighted by Crippen LogP contribution is 2.24. The molecule has 1 aromatic heterocycles. The number of carbonyl (C=O) groups is 2. The third-order valence-electron chi connectivity index (χ3n) is 4.94. The third kappa shape index (κ3) is 4.74. The van der Waals surface area contributed by atoms with Gasteiger partial charge in [-0.3, -0.25) is 9.59 Å². The molecule has 1 heterocycles. The highest BCUT2D eigenvalue weighted by molar-refractivity contribution is 6.13. The number of hydrogen-bond donors (Lipinski definition) is 1. The van der Waals surface area contributed by atoms with Gasteiger partial charge in [0.15, 0.2) is 5.69 Å². The molecule has 8 nitrogen and oxygen atoms in total. The summed E-state index contributed by atoms with van der Waals surface area (Å²) >= 11 is 0. The van der Waals surface area contributed by atoms with Crippen LogP contribution < -0.4 is 15.6 Å². The maximum Gasteiger partial charge on any atom is 0.340 e. The summed E-state index contributed by atoms with van der Waals surface area (Å²) in [6.45, 7) is 2.50. The van der Waals surface area contributed by atoms with Gasteiger partial charge in [0.2, 0.25) is 0 Å². The number of benzene rings is 2. The van der Waals surface area contributed by atoms with Crippen LogP contribution in [0.1, 0.15) is 47.0 Å². The Bertz CT molecular complexity index is 1170. The largest absolute Gasteiger partial charge is 0.497 e. The van der Waals surface area contributed by atoms with Crippen LogP contribution >= 0.6 is 0 Å². The van der Waals surface area contributed by atoms with E-state index >= 15 is 0 Å². The molecule has 0 spiro atoms. The fourth-order valence-electron chi connectivity index (χ4n) is 3.29. The van der Waals surface area contributed by atoms with Gasteiger partial charge in [0, 0.05) is 11.9 Å². The van der Waals surface area contributed by atoms with Crippen molar-refractivity contribution < 1.29 is 19.1 Å². The molecule has 0 aliphatic rings. The van der Waals surface area contributed by atoms with Gasteiger partial charge in [-0.2, -0.15) is 5.10 Å². The van der Waals surface area contributed by atoms with Gasteiger partial charge in [-0.25, -0.2) is 9.48 Å². The van der Waals surface area contributed by atoms with Crippen molar-refractivity contribution >= 4 is 28.3 Å². The van der Waals surface area contributed by atoms with Gasteiger partial charge in [-0.15, -0.1) is 0 Å². The summed E-state index contributed by atoms with van der Waals surface area (Å²) in [5.41, 5.74) is 0.282. The van der Waals surface area contributed by atoms with Crippen molar-refractivity contribution in [2.24, 2.45) is 0 Å². The first kappa shape index (κ1) is 22.0. The lowest BCUT2D eigenvalue weighted by Crippen LogP contribution is -2.28. The molecular formula is C23H25N3O5. The van der Waals surface area contributed by atoms with Gasteiger partial charge in [0.1, 0.15) is 5.75 Å². The zero-order chi connectivity index (χ0) is 22.4. The van der Waals surface area contributed by atoms with E-state index in [-0.39, 0.29) is 22.5 Å². The van der Waals surface area contributed by atoms with Gasteiger partial charge in [-0.05, 0) is 30.7 Å². The molecule has 3 aromatic rings. The Morgan fingerprint density at radius 2 is 1.81 bits per heavy atom. The number of amides is 1. The highest BCUT2D eigenvalue weighted by atomic mass is 16.5. The predicted molar refractivity (Wildman–Crippen MR) is 118 cm³/mol. The minimum absolute atomic E-state index is 0.110. The van der Waals surface area contributed by atoms with Crippen molar-refractivity contribution in [3.05, 3.63) is 64.1 Å². The maximum atomic E-state index is 13.2. The SMILES string of the molecule is CCCCCn1nc(C(=O)Nc2ccc(OC)cc2C(=O)OC)c2ccccc2c1=O. The summed E-state index contributed by atoms with van der Waals surface area (Å²) < 4.78 is 11.3. The summed E-state index contributed by atoms with van der Waals surface area (Å²) in [5, 5.41) is 7.94. The molecule has 0 saturated heterocycles. The quantitative estimate of drug-likeness (QED) is 0.439. The van der Waals surface area contributed by atoms with E-state index in [1.165, 1.54) is 25.0 Å². The second-order valence-corrected chi connectivity index (χ2v) is 6.99. The van der Waals surface area contributed by atoms with Crippen molar-refractivity contribution in [3.63, 3.8) is 0 Å². The Hall–Kier alpha value is -3.68. The van der Waals surface area contributed by atoms with Crippen molar-refractivity contribution in [2.75, 3.05) is 19.5 Å². The number of anilines is 1. The number of carbonyl (C=O) groups excluding carboxylic acids is 2. The predicted octanol–water partition coefficient (Wildman–Crippen LogP) is 3.63. The topological polar surface area (TPSA) is 99.5 Å². The number of ether oxygens (including phenoxy) is 2. The van der Waals surface area contributed by atoms with E-state index in [1.807, 2.05) is 0 Å². The molecule has 8 heteroatoms. The number of hydrogen-bond acceptors (Lipinski definition) is 6. The lowest BCUT2D eigenvalue weighted by Gasteiger charge is -2.13. The van der Waals surface area contributed by atoms with E-state index in [0.717, 1.165) is 19.3 Å². The number of nitrogens with one attached hydrogen (secondary N) is 1. The van der Waals surface area contributed by atoms with Crippen LogP contribution in [0.2, 0.25) is 0 Å². The Labute approximate surface area is 179 Å². The lowest BCUT2D eigenvalue weighted by molar-refractivity contribution is 0.0601. The molecule has 0 fully saturated rings. The van der Waals surface area contributed by atoms with Crippen LogP contribution in [0.5, 0.6) is 5.75 Å². The molecule has 0 unspecified atom stereocenters. The Balaban J connectivity index is 2.04. The smallest absolute Gasteiger partial charge is 0.340 e. The second-order valence-electron chi connectivity index (χ2n) is 6.99. The van der Waals surface area contributed by atoms with Crippen LogP contribution in [0.3, 0.4) is 0 Å². The van der Waals surface area contributed by atoms with Gasteiger partial charge in [0.25, 0.3) is 11.5 Å². The van der Waals surface area contributed by atoms with Crippen LogP contribution in [0.25, 0.3) is 10.8 Å². The number of fused-ring (bicyclic) bond motifs is 1. The molecule has 0 bridgehead atoms. The molecule has 1 amide bonds. The molecule has 2 aromatic carbocycles. The van der Waals surface area contributed by atoms with E-state index in [1.54, 1.807) is 36.4 Å². The number of aryl methyl sites for hydroxylation is 1. The van der Waals surface area contributed by atoms with Gasteiger partial charge in [0.05, 0.1) is 30.9 Å². The van der Waals surface area contributed by atoms with Crippen molar-refractivity contribution in [1.29, 1.82) is 0 Å². The monoisotopic (exact) mass is 423 g/mol. The van der Waals surface area contributed by atoms with E-state index < -0.39 is 11.9 Å². The first-order valence-electron chi connectivity index (χ1n) is 10.1. The first-order chi connectivity index (χ1) is 15.0. The number of rotatable bonds is 8. The molecular weight excluding hydrogens is 398 g/mol. The molecule has 1 N–H and O–H groups in total. The van der Waals surface area contributed by atoms with Crippen LogP contribution in [0.15, 0.2) is 47.3 Å². The summed E-state index contributed by atoms with van der Waals surface area (Å²) in [5.74, 6) is -0.696. The number of methoxy groups -OCH3 is 2. The Morgan fingerprint density at radius 1 is 1.06 bits per heavy atom. The van der Waals surface area contributed by atoms with Crippen LogP contribution in [0.4, 0.5) is 5.69 Å². The van der Waals surface area contributed by atoms with Gasteiger partial charge < -0.3 is 14.8 Å². The summed E-state index contributed by atoms with van der Waals surface area (Å²) in [7, 11) is 2.74. The Morgan fingerprint density at radius 3 is 2.48 bits per heavy atom. The molecule has 0 atom stereocenters. The average molecular weight is 423 g/mol. The average Bonchev–Trinajstić information content (AvgIpc) is 2.80. The maximum absolute atomic E-state index is 13.2. The van der Waals surface area contributed by atoms with E-state index in [4.69, 9.17) is 9.47 Å². The normalized spacial score (nSPS) is 10.7. The molecule has 0 aliphatic carbocycles. The third-order valence-corrected chi connectivity index (χ3v) is 4.94. The van der Waals surface area contributed by atoms with Gasteiger partial charge >= 0.3 is 5.97 Å². The Kier molecular flexibility index (Phi) is 7.02. The summed E-state index contributed by atoms with van der Waals surface area (Å²) in [6, 6.07) is 11.5. The standard InChI is InChI=1S/C23H25N3O5/c1-4-5-8-13-26-22(28)17-10-7-6-9-16(17)20(25-26)21(27)24-19-12-11-15(30-2)14-18(19)23(29)31-3/h6-7,9-12,14H,4-5,8,13H2,1-3H3,(H,24,27). The molecule has 162 valence electrons. The highest BCUT2D eigenvalue weighted by Gasteiger charge is 2.20. The molecule has 0 saturated carbocycles. The van der Waals surface area contributed by atoms with E-state index in [2.05, 4.69) is 17.3 Å².